The van der Waals surface area contributed by atoms with E-state index < -0.39 is 6.04 Å². The van der Waals surface area contributed by atoms with Gasteiger partial charge in [-0.1, -0.05) is 83.9 Å². The van der Waals surface area contributed by atoms with Gasteiger partial charge in [0.25, 0.3) is 0 Å². The summed E-state index contributed by atoms with van der Waals surface area (Å²) in [6, 6.07) is 24.5. The Balaban J connectivity index is 0.00000320. The van der Waals surface area contributed by atoms with E-state index in [0.717, 1.165) is 42.5 Å². The average Bonchev–Trinajstić information content (AvgIpc) is 3.12. The molecule has 1 aliphatic rings. The lowest BCUT2D eigenvalue weighted by Crippen LogP contribution is -2.47. The molecule has 37 heavy (non-hydrogen) atoms. The van der Waals surface area contributed by atoms with E-state index >= 15 is 0 Å². The van der Waals surface area contributed by atoms with Crippen molar-refractivity contribution in [1.29, 1.82) is 5.41 Å². The van der Waals surface area contributed by atoms with Crippen LogP contribution in [0.15, 0.2) is 78.9 Å². The van der Waals surface area contributed by atoms with Gasteiger partial charge in [0.05, 0.1) is 11.0 Å². The summed E-state index contributed by atoms with van der Waals surface area (Å²) in [4.78, 5) is 15.6. The summed E-state index contributed by atoms with van der Waals surface area (Å²) >= 11 is 0. The lowest BCUT2D eigenvalue weighted by Gasteiger charge is -2.34. The number of aryl methyl sites for hydroxylation is 3. The third-order valence-corrected chi connectivity index (χ3v) is 7.14. The van der Waals surface area contributed by atoms with Crippen LogP contribution in [0.5, 0.6) is 0 Å². The molecule has 4 aromatic rings. The first-order valence-corrected chi connectivity index (χ1v) is 12.8. The summed E-state index contributed by atoms with van der Waals surface area (Å²) in [5, 5.41) is 9.17. The number of likely N-dealkylation sites (tertiary alicyclic amines) is 1. The van der Waals surface area contributed by atoms with Gasteiger partial charge in [0, 0.05) is 26.1 Å². The van der Waals surface area contributed by atoms with E-state index in [4.69, 9.17) is 5.41 Å². The van der Waals surface area contributed by atoms with E-state index in [1.165, 1.54) is 16.7 Å². The number of amides is 1. The Morgan fingerprint density at radius 3 is 2.16 bits per heavy atom. The molecule has 0 aliphatic carbocycles. The number of benzene rings is 3. The maximum absolute atomic E-state index is 13.6. The fourth-order valence-corrected chi connectivity index (χ4v) is 4.88. The van der Waals surface area contributed by atoms with Crippen molar-refractivity contribution in [3.63, 3.8) is 0 Å². The maximum Gasteiger partial charge on any atom is 0.246 e. The van der Waals surface area contributed by atoms with E-state index in [1.54, 1.807) is 0 Å². The molecule has 1 saturated heterocycles. The number of carbonyl (C=O) groups excluding carboxylic acids is 1. The quantitative estimate of drug-likeness (QED) is 0.273. The Morgan fingerprint density at radius 2 is 1.54 bits per heavy atom. The Kier molecular flexibility index (Phi) is 8.49. The average molecular weight is 560 g/mol. The zero-order valence-electron chi connectivity index (χ0n) is 21.6. The summed E-state index contributed by atoms with van der Waals surface area (Å²) < 4.78 is 4.00. The normalized spacial score (nSPS) is 13.9. The number of imidazole rings is 1. The largest absolute Gasteiger partial charge is 0.341 e. The van der Waals surface area contributed by atoms with Gasteiger partial charge in [-0.2, -0.15) is 0 Å². The number of nitrogens with one attached hydrogen (secondary N) is 1. The number of nitrogens with zero attached hydrogens (tertiary/aromatic N) is 3. The first kappa shape index (κ1) is 26.7. The molecule has 1 N–H and O–H groups in total. The Hall–Kier alpha value is -3.38. The van der Waals surface area contributed by atoms with Crippen molar-refractivity contribution in [2.75, 3.05) is 13.1 Å². The minimum absolute atomic E-state index is 0. The molecular formula is C31H35BrN4O. The summed E-state index contributed by atoms with van der Waals surface area (Å²) in [6.45, 7) is 6.46. The lowest BCUT2D eigenvalue weighted by atomic mass is 10.0. The lowest BCUT2D eigenvalue weighted by molar-refractivity contribution is -0.138. The van der Waals surface area contributed by atoms with Gasteiger partial charge in [0.15, 0.2) is 0 Å². The Bertz CT molecular complexity index is 1440. The molecule has 5 nitrogen and oxygen atoms in total. The molecule has 0 radical (unpaired) electrons. The van der Waals surface area contributed by atoms with Crippen LogP contribution in [0.3, 0.4) is 0 Å². The van der Waals surface area contributed by atoms with Crippen LogP contribution in [-0.4, -0.2) is 33.0 Å². The van der Waals surface area contributed by atoms with Crippen molar-refractivity contribution in [1.82, 2.24) is 14.0 Å². The number of para-hydroxylation sites is 2. The first-order valence-electron chi connectivity index (χ1n) is 12.8. The topological polar surface area (TPSA) is 54.0 Å². The third kappa shape index (κ3) is 5.80. The molecule has 2 heterocycles. The van der Waals surface area contributed by atoms with E-state index in [9.17, 15) is 4.79 Å². The van der Waals surface area contributed by atoms with E-state index in [0.29, 0.717) is 18.6 Å². The van der Waals surface area contributed by atoms with Crippen LogP contribution in [0.2, 0.25) is 0 Å². The second-order valence-electron chi connectivity index (χ2n) is 9.82. The Morgan fingerprint density at radius 1 is 0.919 bits per heavy atom. The van der Waals surface area contributed by atoms with Crippen molar-refractivity contribution in [2.45, 2.75) is 45.7 Å². The molecule has 3 aromatic carbocycles. The molecule has 5 rings (SSSR count). The SMILES string of the molecule is Br.Cc1ccc(/C=C/CCn2c(=N)n(C(Cc3ccc(C)cc3)C(=O)N3CCC3)c3ccccc32)cc1. The molecule has 1 aromatic heterocycles. The second kappa shape index (κ2) is 11.8. The summed E-state index contributed by atoms with van der Waals surface area (Å²) in [5.74, 6) is 0.113. The molecule has 1 atom stereocenters. The molecule has 1 aliphatic heterocycles. The number of aromatic nitrogens is 2. The van der Waals surface area contributed by atoms with Gasteiger partial charge in [-0.25, -0.2) is 0 Å². The molecule has 6 heteroatoms. The fraction of sp³-hybridized carbons (Fsp3) is 0.290. The number of carbonyl (C=O) groups is 1. The zero-order chi connectivity index (χ0) is 25.1. The monoisotopic (exact) mass is 558 g/mol. The molecular weight excluding hydrogens is 524 g/mol. The molecule has 1 unspecified atom stereocenters. The van der Waals surface area contributed by atoms with Gasteiger partial charge in [0.1, 0.15) is 6.04 Å². The van der Waals surface area contributed by atoms with Crippen LogP contribution in [0.4, 0.5) is 0 Å². The summed E-state index contributed by atoms with van der Waals surface area (Å²) in [7, 11) is 0. The van der Waals surface area contributed by atoms with Crippen LogP contribution in [0.1, 0.15) is 41.1 Å². The highest BCUT2D eigenvalue weighted by Crippen LogP contribution is 2.25. The molecule has 192 valence electrons. The highest BCUT2D eigenvalue weighted by Gasteiger charge is 2.31. The zero-order valence-corrected chi connectivity index (χ0v) is 23.3. The van der Waals surface area contributed by atoms with Crippen LogP contribution < -0.4 is 5.62 Å². The van der Waals surface area contributed by atoms with Crippen molar-refractivity contribution in [2.24, 2.45) is 0 Å². The van der Waals surface area contributed by atoms with E-state index in [2.05, 4.69) is 80.6 Å². The standard InChI is InChI=1S/C31H34N4O.BrH/c1-23-11-15-25(16-12-23)8-5-6-21-34-27-9-3-4-10-28(27)35(31(34)32)29(30(36)33-19-7-20-33)22-26-17-13-24(2)14-18-26;/h3-5,8-18,29,32H,6-7,19-22H2,1-2H3;1H/b8-5+,32-31?;. The van der Waals surface area contributed by atoms with Crippen LogP contribution in [0, 0.1) is 19.3 Å². The summed E-state index contributed by atoms with van der Waals surface area (Å²) in [5.41, 5.74) is 7.07. The molecule has 1 fully saturated rings. The molecule has 1 amide bonds. The van der Waals surface area contributed by atoms with Crippen molar-refractivity contribution < 1.29 is 4.79 Å². The first-order chi connectivity index (χ1) is 17.5. The minimum atomic E-state index is -0.435. The van der Waals surface area contributed by atoms with E-state index in [1.807, 2.05) is 32.2 Å². The smallest absolute Gasteiger partial charge is 0.246 e. The number of fused-ring (bicyclic) bond motifs is 1. The van der Waals surface area contributed by atoms with Crippen LogP contribution in [-0.2, 0) is 17.8 Å². The molecule has 0 spiro atoms. The van der Waals surface area contributed by atoms with Gasteiger partial charge < -0.3 is 9.47 Å². The number of halogens is 1. The number of rotatable bonds is 8. The number of hydrogen-bond acceptors (Lipinski definition) is 2. The predicted octanol–water partition coefficient (Wildman–Crippen LogP) is 6.24. The molecule has 0 saturated carbocycles. The maximum atomic E-state index is 13.6. The van der Waals surface area contributed by atoms with Crippen molar-refractivity contribution in [3.05, 3.63) is 107 Å². The summed E-state index contributed by atoms with van der Waals surface area (Å²) in [6.07, 6.45) is 6.74. The van der Waals surface area contributed by atoms with Crippen LogP contribution in [0.25, 0.3) is 17.1 Å². The minimum Gasteiger partial charge on any atom is -0.341 e. The van der Waals surface area contributed by atoms with Gasteiger partial charge in [-0.15, -0.1) is 17.0 Å². The highest BCUT2D eigenvalue weighted by atomic mass is 79.9. The molecule has 0 bridgehead atoms. The Labute approximate surface area is 229 Å². The van der Waals surface area contributed by atoms with E-state index in [-0.39, 0.29) is 22.9 Å². The highest BCUT2D eigenvalue weighted by molar-refractivity contribution is 8.93. The van der Waals surface area contributed by atoms with Gasteiger partial charge >= 0.3 is 0 Å². The fourth-order valence-electron chi connectivity index (χ4n) is 4.88. The van der Waals surface area contributed by atoms with Crippen molar-refractivity contribution >= 4 is 40.0 Å². The van der Waals surface area contributed by atoms with Gasteiger partial charge in [-0.05, 0) is 49.9 Å². The van der Waals surface area contributed by atoms with Crippen molar-refractivity contribution in [3.8, 4) is 0 Å². The van der Waals surface area contributed by atoms with Gasteiger partial charge in [-0.3, -0.25) is 14.8 Å². The number of allylic oxidation sites excluding steroid dienone is 1. The van der Waals surface area contributed by atoms with Crippen LogP contribution >= 0.6 is 17.0 Å². The van der Waals surface area contributed by atoms with Gasteiger partial charge in [0.2, 0.25) is 11.5 Å². The third-order valence-electron chi connectivity index (χ3n) is 7.14. The number of hydrogen-bond donors (Lipinski definition) is 1. The second-order valence-corrected chi connectivity index (χ2v) is 9.82. The predicted molar refractivity (Wildman–Crippen MR) is 156 cm³/mol.